The predicted octanol–water partition coefficient (Wildman–Crippen LogP) is 4.75. The Bertz CT molecular complexity index is 920. The fourth-order valence-corrected chi connectivity index (χ4v) is 3.36. The number of aromatic amines is 1. The Morgan fingerprint density at radius 1 is 1.14 bits per heavy atom. The van der Waals surface area contributed by atoms with Crippen LogP contribution in [0.3, 0.4) is 0 Å². The average molecular weight is 380 g/mol. The summed E-state index contributed by atoms with van der Waals surface area (Å²) in [5.74, 6) is 1.07. The summed E-state index contributed by atoms with van der Waals surface area (Å²) < 4.78 is 18.8. The lowest BCUT2D eigenvalue weighted by Gasteiger charge is -2.31. The summed E-state index contributed by atoms with van der Waals surface area (Å²) in [6.45, 7) is 1.41. The summed E-state index contributed by atoms with van der Waals surface area (Å²) in [6.07, 6.45) is 5.37. The van der Waals surface area contributed by atoms with Crippen molar-refractivity contribution in [2.75, 3.05) is 18.4 Å². The number of nitrogens with zero attached hydrogens (tertiary/aromatic N) is 2. The van der Waals surface area contributed by atoms with E-state index in [1.54, 1.807) is 42.7 Å². The number of hydrogen-bond acceptors (Lipinski definition) is 3. The summed E-state index contributed by atoms with van der Waals surface area (Å²) in [4.78, 5) is 21.5. The van der Waals surface area contributed by atoms with Crippen LogP contribution in [-0.4, -0.2) is 34.0 Å². The van der Waals surface area contributed by atoms with Gasteiger partial charge in [-0.2, -0.15) is 0 Å². The molecule has 2 heterocycles. The maximum atomic E-state index is 13.2. The highest BCUT2D eigenvalue weighted by Gasteiger charge is 2.24. The van der Waals surface area contributed by atoms with Crippen LogP contribution in [0.15, 0.2) is 61.1 Å². The molecule has 7 heteroatoms. The van der Waals surface area contributed by atoms with Crippen LogP contribution in [0, 0.1) is 5.82 Å². The van der Waals surface area contributed by atoms with Gasteiger partial charge in [-0.1, -0.05) is 6.07 Å². The highest BCUT2D eigenvalue weighted by molar-refractivity contribution is 5.89. The van der Waals surface area contributed by atoms with Crippen molar-refractivity contribution in [2.24, 2.45) is 0 Å². The number of nitrogens with one attached hydrogen (secondary N) is 2. The Kier molecular flexibility index (Phi) is 5.23. The molecule has 3 aromatic rings. The van der Waals surface area contributed by atoms with Gasteiger partial charge in [0.1, 0.15) is 17.3 Å². The molecule has 2 aromatic carbocycles. The Labute approximate surface area is 162 Å². The monoisotopic (exact) mass is 380 g/mol. The number of imidazole rings is 1. The first kappa shape index (κ1) is 18.0. The first-order chi connectivity index (χ1) is 13.7. The zero-order valence-electron chi connectivity index (χ0n) is 15.3. The zero-order valence-corrected chi connectivity index (χ0v) is 15.3. The molecule has 0 bridgehead atoms. The highest BCUT2D eigenvalue weighted by Crippen LogP contribution is 2.27. The second-order valence-corrected chi connectivity index (χ2v) is 6.78. The third-order valence-electron chi connectivity index (χ3n) is 4.88. The molecule has 1 aliphatic rings. The molecule has 0 saturated carbocycles. The molecule has 0 unspecified atom stereocenters. The van der Waals surface area contributed by atoms with Crippen LogP contribution in [-0.2, 0) is 0 Å². The molecule has 2 N–H and O–H groups in total. The number of halogens is 1. The molecule has 144 valence electrons. The van der Waals surface area contributed by atoms with Crippen LogP contribution < -0.4 is 10.1 Å². The number of likely N-dealkylation sites (tertiary alicyclic amines) is 1. The molecular formula is C21H21FN4O2. The number of hydrogen-bond donors (Lipinski definition) is 2. The quantitative estimate of drug-likeness (QED) is 0.686. The van der Waals surface area contributed by atoms with E-state index in [2.05, 4.69) is 15.3 Å². The van der Waals surface area contributed by atoms with Gasteiger partial charge < -0.3 is 19.9 Å². The van der Waals surface area contributed by atoms with E-state index in [-0.39, 0.29) is 11.8 Å². The number of carbonyl (C=O) groups excluding carboxylic acids is 1. The van der Waals surface area contributed by atoms with E-state index in [0.717, 1.165) is 18.5 Å². The Morgan fingerprint density at radius 3 is 2.61 bits per heavy atom. The molecule has 1 saturated heterocycles. The molecule has 28 heavy (non-hydrogen) atoms. The third kappa shape index (κ3) is 4.31. The number of benzene rings is 2. The van der Waals surface area contributed by atoms with E-state index in [0.29, 0.717) is 36.2 Å². The minimum atomic E-state index is -0.349. The first-order valence-corrected chi connectivity index (χ1v) is 9.25. The van der Waals surface area contributed by atoms with E-state index in [9.17, 15) is 9.18 Å². The maximum absolute atomic E-state index is 13.2. The van der Waals surface area contributed by atoms with E-state index < -0.39 is 0 Å². The van der Waals surface area contributed by atoms with Gasteiger partial charge in [0.2, 0.25) is 0 Å². The van der Waals surface area contributed by atoms with Crippen LogP contribution >= 0.6 is 0 Å². The number of piperidine rings is 1. The van der Waals surface area contributed by atoms with Gasteiger partial charge in [0.15, 0.2) is 0 Å². The van der Waals surface area contributed by atoms with Crippen molar-refractivity contribution in [2.45, 2.75) is 18.8 Å². The normalized spacial score (nSPS) is 14.7. The number of amides is 2. The maximum Gasteiger partial charge on any atom is 0.321 e. The minimum absolute atomic E-state index is 0.109. The Morgan fingerprint density at radius 2 is 1.93 bits per heavy atom. The fraction of sp³-hybridized carbons (Fsp3) is 0.238. The molecule has 1 aliphatic heterocycles. The van der Waals surface area contributed by atoms with E-state index in [1.807, 2.05) is 11.1 Å². The lowest BCUT2D eigenvalue weighted by Crippen LogP contribution is -2.40. The summed E-state index contributed by atoms with van der Waals surface area (Å²) >= 11 is 0. The van der Waals surface area contributed by atoms with Crippen molar-refractivity contribution in [1.82, 2.24) is 14.9 Å². The van der Waals surface area contributed by atoms with Crippen molar-refractivity contribution in [3.63, 3.8) is 0 Å². The molecule has 4 rings (SSSR count). The standard InChI is InChI=1S/C21H21FN4O2/c22-16-2-1-3-19(12-16)28-18-6-4-17(5-7-18)25-21(27)26-10-8-15(9-11-26)20-13-23-14-24-20/h1-7,12-15H,8-11H2,(H,23,24)(H,25,27). The summed E-state index contributed by atoms with van der Waals surface area (Å²) in [6, 6.07) is 12.9. The second kappa shape index (κ2) is 8.12. The third-order valence-corrected chi connectivity index (χ3v) is 4.88. The van der Waals surface area contributed by atoms with E-state index >= 15 is 0 Å². The Balaban J connectivity index is 1.30. The van der Waals surface area contributed by atoms with Crippen LogP contribution in [0.1, 0.15) is 24.5 Å². The number of anilines is 1. The molecule has 0 atom stereocenters. The van der Waals surface area contributed by atoms with Gasteiger partial charge in [-0.3, -0.25) is 0 Å². The van der Waals surface area contributed by atoms with E-state index in [4.69, 9.17) is 4.74 Å². The number of H-pyrrole nitrogens is 1. The summed E-state index contributed by atoms with van der Waals surface area (Å²) in [5, 5.41) is 2.91. The van der Waals surface area contributed by atoms with Gasteiger partial charge in [0.25, 0.3) is 0 Å². The van der Waals surface area contributed by atoms with Gasteiger partial charge in [0.05, 0.1) is 6.33 Å². The van der Waals surface area contributed by atoms with Gasteiger partial charge in [-0.05, 0) is 49.2 Å². The lowest BCUT2D eigenvalue weighted by molar-refractivity contribution is 0.194. The van der Waals surface area contributed by atoms with Crippen molar-refractivity contribution in [3.8, 4) is 11.5 Å². The van der Waals surface area contributed by atoms with Gasteiger partial charge >= 0.3 is 6.03 Å². The van der Waals surface area contributed by atoms with Crippen LogP contribution in [0.2, 0.25) is 0 Å². The van der Waals surface area contributed by atoms with Gasteiger partial charge in [0, 0.05) is 42.7 Å². The lowest BCUT2D eigenvalue weighted by atomic mass is 9.94. The SMILES string of the molecule is O=C(Nc1ccc(Oc2cccc(F)c2)cc1)N1CCC(c2cnc[nH]2)CC1. The molecule has 0 radical (unpaired) electrons. The molecule has 1 aromatic heterocycles. The number of ether oxygens (including phenoxy) is 1. The molecule has 1 fully saturated rings. The number of carbonyl (C=O) groups is 1. The molecule has 6 nitrogen and oxygen atoms in total. The van der Waals surface area contributed by atoms with Crippen molar-refractivity contribution in [3.05, 3.63) is 72.6 Å². The minimum Gasteiger partial charge on any atom is -0.457 e. The number of aromatic nitrogens is 2. The molecule has 2 amide bonds. The van der Waals surface area contributed by atoms with Crippen molar-refractivity contribution >= 4 is 11.7 Å². The second-order valence-electron chi connectivity index (χ2n) is 6.78. The summed E-state index contributed by atoms with van der Waals surface area (Å²) in [7, 11) is 0. The van der Waals surface area contributed by atoms with Crippen molar-refractivity contribution in [1.29, 1.82) is 0 Å². The molecule has 0 aliphatic carbocycles. The van der Waals surface area contributed by atoms with Crippen LogP contribution in [0.5, 0.6) is 11.5 Å². The van der Waals surface area contributed by atoms with Crippen LogP contribution in [0.25, 0.3) is 0 Å². The van der Waals surface area contributed by atoms with E-state index in [1.165, 1.54) is 12.1 Å². The van der Waals surface area contributed by atoms with Crippen molar-refractivity contribution < 1.29 is 13.9 Å². The number of urea groups is 1. The fourth-order valence-electron chi connectivity index (χ4n) is 3.36. The Hall–Kier alpha value is -3.35. The predicted molar refractivity (Wildman–Crippen MR) is 104 cm³/mol. The largest absolute Gasteiger partial charge is 0.457 e. The smallest absolute Gasteiger partial charge is 0.321 e. The average Bonchev–Trinajstić information content (AvgIpc) is 3.24. The molecular weight excluding hydrogens is 359 g/mol. The van der Waals surface area contributed by atoms with Gasteiger partial charge in [-0.25, -0.2) is 14.2 Å². The molecule has 0 spiro atoms. The first-order valence-electron chi connectivity index (χ1n) is 9.25. The highest BCUT2D eigenvalue weighted by atomic mass is 19.1. The van der Waals surface area contributed by atoms with Crippen LogP contribution in [0.4, 0.5) is 14.9 Å². The topological polar surface area (TPSA) is 70.2 Å². The summed E-state index contributed by atoms with van der Waals surface area (Å²) in [5.41, 5.74) is 1.82. The number of rotatable bonds is 4. The van der Waals surface area contributed by atoms with Gasteiger partial charge in [-0.15, -0.1) is 0 Å². The zero-order chi connectivity index (χ0) is 19.3.